The van der Waals surface area contributed by atoms with Crippen LogP contribution in [0.2, 0.25) is 0 Å². The van der Waals surface area contributed by atoms with Gasteiger partial charge in [-0.15, -0.1) is 11.3 Å². The van der Waals surface area contributed by atoms with Gasteiger partial charge in [-0.25, -0.2) is 0 Å². The van der Waals surface area contributed by atoms with Gasteiger partial charge >= 0.3 is 0 Å². The van der Waals surface area contributed by atoms with Crippen LogP contribution in [0.4, 0.5) is 0 Å². The third-order valence-corrected chi connectivity index (χ3v) is 6.31. The summed E-state index contributed by atoms with van der Waals surface area (Å²) in [5.41, 5.74) is 6.05. The van der Waals surface area contributed by atoms with Gasteiger partial charge in [0.25, 0.3) is 0 Å². The first kappa shape index (κ1) is 15.6. The smallest absolute Gasteiger partial charge is 0.0387 e. The third-order valence-electron chi connectivity index (χ3n) is 4.85. The topological polar surface area (TPSA) is 0 Å². The van der Waals surface area contributed by atoms with E-state index in [1.165, 1.54) is 74.5 Å². The first-order chi connectivity index (χ1) is 10.7. The molecule has 1 heteroatoms. The molecule has 0 atom stereocenters. The maximum Gasteiger partial charge on any atom is 0.0387 e. The normalized spacial score (nSPS) is 11.6. The van der Waals surface area contributed by atoms with Gasteiger partial charge in [-0.3, -0.25) is 0 Å². The summed E-state index contributed by atoms with van der Waals surface area (Å²) in [5.74, 6) is 0. The summed E-state index contributed by atoms with van der Waals surface area (Å²) in [6, 6.07) is 9.39. The summed E-state index contributed by atoms with van der Waals surface area (Å²) >= 11 is 2.00. The van der Waals surface area contributed by atoms with Gasteiger partial charge in [0, 0.05) is 20.2 Å². The van der Waals surface area contributed by atoms with Gasteiger partial charge < -0.3 is 0 Å². The van der Waals surface area contributed by atoms with E-state index in [1.807, 2.05) is 11.3 Å². The van der Waals surface area contributed by atoms with Crippen LogP contribution >= 0.6 is 11.3 Å². The SMILES string of the molecule is CCCCc1ccc2c(sc3c(C)c(CCC)ccc32)c1C. The molecule has 0 aliphatic rings. The molecule has 0 radical (unpaired) electrons. The van der Waals surface area contributed by atoms with E-state index in [0.29, 0.717) is 0 Å². The highest BCUT2D eigenvalue weighted by Crippen LogP contribution is 2.39. The predicted molar refractivity (Wildman–Crippen MR) is 101 cm³/mol. The minimum absolute atomic E-state index is 1.19. The van der Waals surface area contributed by atoms with Crippen molar-refractivity contribution in [2.75, 3.05) is 0 Å². The zero-order valence-corrected chi connectivity index (χ0v) is 15.1. The summed E-state index contributed by atoms with van der Waals surface area (Å²) in [4.78, 5) is 0. The Labute approximate surface area is 138 Å². The molecule has 3 rings (SSSR count). The molecule has 22 heavy (non-hydrogen) atoms. The van der Waals surface area contributed by atoms with E-state index >= 15 is 0 Å². The summed E-state index contributed by atoms with van der Waals surface area (Å²) in [6.07, 6.45) is 6.18. The van der Waals surface area contributed by atoms with Crippen LogP contribution in [0.3, 0.4) is 0 Å². The number of hydrogen-bond acceptors (Lipinski definition) is 1. The van der Waals surface area contributed by atoms with Crippen LogP contribution < -0.4 is 0 Å². The van der Waals surface area contributed by atoms with Crippen molar-refractivity contribution in [2.24, 2.45) is 0 Å². The predicted octanol–water partition coefficient (Wildman–Crippen LogP) is 6.97. The van der Waals surface area contributed by atoms with Crippen molar-refractivity contribution in [3.8, 4) is 0 Å². The molecule has 0 N–H and O–H groups in total. The van der Waals surface area contributed by atoms with Gasteiger partial charge in [-0.2, -0.15) is 0 Å². The molecule has 0 aliphatic carbocycles. The standard InChI is InChI=1S/C21H26S/c1-5-7-9-17-11-13-19-18-12-10-16(8-6-2)14(3)20(18)22-21(19)15(17)4/h10-13H,5-9H2,1-4H3. The second-order valence-corrected chi connectivity index (χ2v) is 7.43. The molecule has 0 aliphatic heterocycles. The second kappa shape index (κ2) is 6.42. The number of benzene rings is 2. The highest BCUT2D eigenvalue weighted by atomic mass is 32.1. The van der Waals surface area contributed by atoms with E-state index in [4.69, 9.17) is 0 Å². The van der Waals surface area contributed by atoms with Crippen LogP contribution in [-0.2, 0) is 12.8 Å². The Balaban J connectivity index is 2.20. The summed E-state index contributed by atoms with van der Waals surface area (Å²) < 4.78 is 3.00. The van der Waals surface area contributed by atoms with Crippen molar-refractivity contribution >= 4 is 31.5 Å². The number of hydrogen-bond donors (Lipinski definition) is 0. The van der Waals surface area contributed by atoms with Crippen LogP contribution in [0.15, 0.2) is 24.3 Å². The average Bonchev–Trinajstić information content (AvgIpc) is 2.90. The highest BCUT2D eigenvalue weighted by Gasteiger charge is 2.13. The maximum atomic E-state index is 2.36. The van der Waals surface area contributed by atoms with E-state index in [9.17, 15) is 0 Å². The van der Waals surface area contributed by atoms with Gasteiger partial charge in [0.15, 0.2) is 0 Å². The second-order valence-electron chi connectivity index (χ2n) is 6.41. The summed E-state index contributed by atoms with van der Waals surface area (Å²) in [6.45, 7) is 9.14. The van der Waals surface area contributed by atoms with Crippen molar-refractivity contribution < 1.29 is 0 Å². The first-order valence-electron chi connectivity index (χ1n) is 8.60. The Morgan fingerprint density at radius 2 is 1.27 bits per heavy atom. The zero-order chi connectivity index (χ0) is 15.7. The average molecular weight is 311 g/mol. The molecule has 0 amide bonds. The monoisotopic (exact) mass is 310 g/mol. The summed E-state index contributed by atoms with van der Waals surface area (Å²) in [7, 11) is 0. The molecule has 1 heterocycles. The lowest BCUT2D eigenvalue weighted by molar-refractivity contribution is 0.792. The lowest BCUT2D eigenvalue weighted by atomic mass is 9.98. The van der Waals surface area contributed by atoms with Crippen molar-refractivity contribution in [1.82, 2.24) is 0 Å². The lowest BCUT2D eigenvalue weighted by Crippen LogP contribution is -1.89. The Morgan fingerprint density at radius 3 is 1.77 bits per heavy atom. The van der Waals surface area contributed by atoms with Crippen molar-refractivity contribution in [3.05, 3.63) is 46.5 Å². The first-order valence-corrected chi connectivity index (χ1v) is 9.42. The maximum absolute atomic E-state index is 2.36. The van der Waals surface area contributed by atoms with E-state index < -0.39 is 0 Å². The Morgan fingerprint density at radius 1 is 0.727 bits per heavy atom. The molecule has 0 saturated heterocycles. The van der Waals surface area contributed by atoms with Crippen LogP contribution in [-0.4, -0.2) is 0 Å². The number of thiophene rings is 1. The lowest BCUT2D eigenvalue weighted by Gasteiger charge is -2.06. The van der Waals surface area contributed by atoms with E-state index in [0.717, 1.165) is 0 Å². The quantitative estimate of drug-likeness (QED) is 0.477. The highest BCUT2D eigenvalue weighted by molar-refractivity contribution is 7.26. The molecule has 1 aromatic heterocycles. The molecule has 0 spiro atoms. The zero-order valence-electron chi connectivity index (χ0n) is 14.3. The van der Waals surface area contributed by atoms with Crippen molar-refractivity contribution in [3.63, 3.8) is 0 Å². The Bertz CT molecular complexity index is 808. The van der Waals surface area contributed by atoms with E-state index in [2.05, 4.69) is 52.0 Å². The van der Waals surface area contributed by atoms with Crippen LogP contribution in [0.5, 0.6) is 0 Å². The molecule has 3 aromatic rings. The van der Waals surface area contributed by atoms with Gasteiger partial charge in [0.05, 0.1) is 0 Å². The fourth-order valence-corrected chi connectivity index (χ4v) is 4.78. The number of aryl methyl sites for hydroxylation is 4. The molecule has 116 valence electrons. The number of rotatable bonds is 5. The number of unbranched alkanes of at least 4 members (excludes halogenated alkanes) is 1. The Kier molecular flexibility index (Phi) is 4.54. The van der Waals surface area contributed by atoms with Crippen LogP contribution in [0.25, 0.3) is 20.2 Å². The van der Waals surface area contributed by atoms with Crippen molar-refractivity contribution in [1.29, 1.82) is 0 Å². The van der Waals surface area contributed by atoms with E-state index in [-0.39, 0.29) is 0 Å². The molecule has 0 unspecified atom stereocenters. The molecule has 0 bridgehead atoms. The minimum atomic E-state index is 1.19. The van der Waals surface area contributed by atoms with Gasteiger partial charge in [0.2, 0.25) is 0 Å². The fourth-order valence-electron chi connectivity index (χ4n) is 3.43. The number of fused-ring (bicyclic) bond motifs is 3. The molecule has 0 nitrogen and oxygen atoms in total. The molecule has 2 aromatic carbocycles. The largest absolute Gasteiger partial charge is 0.135 e. The minimum Gasteiger partial charge on any atom is -0.135 e. The fraction of sp³-hybridized carbons (Fsp3) is 0.429. The molecule has 0 fully saturated rings. The Hall–Kier alpha value is -1.34. The van der Waals surface area contributed by atoms with Gasteiger partial charge in [-0.1, -0.05) is 51.0 Å². The molecule has 0 saturated carbocycles. The van der Waals surface area contributed by atoms with Crippen LogP contribution in [0, 0.1) is 13.8 Å². The summed E-state index contributed by atoms with van der Waals surface area (Å²) in [5, 5.41) is 2.89. The molecular weight excluding hydrogens is 284 g/mol. The van der Waals surface area contributed by atoms with Crippen LogP contribution in [0.1, 0.15) is 55.4 Å². The van der Waals surface area contributed by atoms with E-state index in [1.54, 1.807) is 0 Å². The van der Waals surface area contributed by atoms with Gasteiger partial charge in [-0.05, 0) is 55.4 Å². The molecular formula is C21H26S. The van der Waals surface area contributed by atoms with Crippen molar-refractivity contribution in [2.45, 2.75) is 59.8 Å². The van der Waals surface area contributed by atoms with Gasteiger partial charge in [0.1, 0.15) is 0 Å². The third kappa shape index (κ3) is 2.56.